The normalized spacial score (nSPS) is 30.9. The summed E-state index contributed by atoms with van der Waals surface area (Å²) in [4.78, 5) is 44.8. The molecule has 37 heavy (non-hydrogen) atoms. The Hall–Kier alpha value is -1.71. The molecule has 0 aromatic heterocycles. The smallest absolute Gasteiger partial charge is 0.312 e. The van der Waals surface area contributed by atoms with Gasteiger partial charge in [0.1, 0.15) is 11.6 Å². The summed E-state index contributed by atoms with van der Waals surface area (Å²) in [5.41, 5.74) is -1.16. The SMILES string of the molecule is C=CCCOC(=O)[C@H]1[C@@H]2OC3(CC2Br)C(C(=O)N(CC=C)CCCCC)N([C@@H](CO)CC(C)C)C(=O)[C@H]13. The van der Waals surface area contributed by atoms with Crippen molar-refractivity contribution in [2.75, 3.05) is 26.3 Å². The highest BCUT2D eigenvalue weighted by molar-refractivity contribution is 9.09. The molecule has 3 fully saturated rings. The molecule has 1 spiro atoms. The topological polar surface area (TPSA) is 96.4 Å². The average Bonchev–Trinajstić information content (AvgIpc) is 3.45. The van der Waals surface area contributed by atoms with E-state index in [4.69, 9.17) is 9.47 Å². The minimum atomic E-state index is -1.16. The average molecular weight is 584 g/mol. The van der Waals surface area contributed by atoms with Crippen molar-refractivity contribution < 1.29 is 29.0 Å². The largest absolute Gasteiger partial charge is 0.465 e. The summed E-state index contributed by atoms with van der Waals surface area (Å²) in [5, 5.41) is 10.4. The Kier molecular flexibility index (Phi) is 10.4. The molecule has 3 heterocycles. The molecule has 8 nitrogen and oxygen atoms in total. The van der Waals surface area contributed by atoms with E-state index >= 15 is 0 Å². The van der Waals surface area contributed by atoms with Crippen molar-refractivity contribution in [1.82, 2.24) is 9.80 Å². The summed E-state index contributed by atoms with van der Waals surface area (Å²) in [6, 6.07) is -1.49. The highest BCUT2D eigenvalue weighted by Gasteiger charge is 2.77. The standard InChI is InChI=1S/C28H43BrN2O6/c1-6-9-11-13-30(12-8-3)26(34)24-28-16-20(29)23(37-28)21(27(35)36-14-10-7-2)22(28)25(33)31(24)19(17-32)15-18(4)5/h7-8,18-24,32H,2-3,6,9-17H2,1,4-5H3/t19-,20?,21-,22+,23-,24?,28?/m1/s1. The van der Waals surface area contributed by atoms with Crippen molar-refractivity contribution in [2.45, 2.75) is 87.9 Å². The first-order chi connectivity index (χ1) is 17.7. The monoisotopic (exact) mass is 582 g/mol. The molecule has 1 N–H and O–H groups in total. The number of hydrogen-bond acceptors (Lipinski definition) is 6. The number of aliphatic hydroxyl groups excluding tert-OH is 1. The van der Waals surface area contributed by atoms with E-state index in [9.17, 15) is 19.5 Å². The van der Waals surface area contributed by atoms with E-state index in [1.807, 2.05) is 13.8 Å². The molecule has 9 heteroatoms. The molecule has 0 aromatic rings. The maximum Gasteiger partial charge on any atom is 0.312 e. The Balaban J connectivity index is 2.05. The molecule has 0 saturated carbocycles. The number of carbonyl (C=O) groups is 3. The van der Waals surface area contributed by atoms with Crippen molar-refractivity contribution in [2.24, 2.45) is 17.8 Å². The van der Waals surface area contributed by atoms with E-state index in [0.717, 1.165) is 19.3 Å². The fourth-order valence-electron chi connectivity index (χ4n) is 6.34. The number of rotatable bonds is 15. The molecule has 3 saturated heterocycles. The van der Waals surface area contributed by atoms with Crippen LogP contribution in [-0.4, -0.2) is 87.6 Å². The van der Waals surface area contributed by atoms with Crippen molar-refractivity contribution >= 4 is 33.7 Å². The molecule has 3 aliphatic rings. The number of halogens is 1. The summed E-state index contributed by atoms with van der Waals surface area (Å²) in [7, 11) is 0. The maximum atomic E-state index is 14.3. The molecule has 3 rings (SSSR count). The molecule has 7 atom stereocenters. The molecule has 2 amide bonds. The van der Waals surface area contributed by atoms with Crippen LogP contribution in [0.15, 0.2) is 25.3 Å². The van der Waals surface area contributed by atoms with Crippen LogP contribution in [0.1, 0.15) is 59.3 Å². The number of aliphatic hydroxyl groups is 1. The minimum Gasteiger partial charge on any atom is -0.465 e. The van der Waals surface area contributed by atoms with Gasteiger partial charge >= 0.3 is 5.97 Å². The molecule has 0 aromatic carbocycles. The van der Waals surface area contributed by atoms with Crippen molar-refractivity contribution in [3.05, 3.63) is 25.3 Å². The second kappa shape index (κ2) is 12.9. The summed E-state index contributed by atoms with van der Waals surface area (Å²) >= 11 is 3.68. The summed E-state index contributed by atoms with van der Waals surface area (Å²) in [6.07, 6.45) is 7.10. The number of likely N-dealkylation sites (tertiary alicyclic amines) is 1. The molecule has 0 aliphatic carbocycles. The lowest BCUT2D eigenvalue weighted by molar-refractivity contribution is -0.156. The molecule has 0 radical (unpaired) electrons. The van der Waals surface area contributed by atoms with Crippen LogP contribution >= 0.6 is 15.9 Å². The Morgan fingerprint density at radius 1 is 1.32 bits per heavy atom. The van der Waals surface area contributed by atoms with E-state index in [-0.39, 0.29) is 35.8 Å². The van der Waals surface area contributed by atoms with Crippen LogP contribution in [-0.2, 0) is 23.9 Å². The zero-order chi connectivity index (χ0) is 27.3. The fourth-order valence-corrected chi connectivity index (χ4v) is 7.28. The maximum absolute atomic E-state index is 14.3. The second-order valence-corrected chi connectivity index (χ2v) is 12.1. The van der Waals surface area contributed by atoms with Gasteiger partial charge in [0.2, 0.25) is 11.8 Å². The molecule has 3 unspecified atom stereocenters. The van der Waals surface area contributed by atoms with Gasteiger partial charge in [0.05, 0.1) is 37.2 Å². The second-order valence-electron chi connectivity index (χ2n) is 10.9. The Bertz CT molecular complexity index is 866. The molecular weight excluding hydrogens is 540 g/mol. The van der Waals surface area contributed by atoms with Gasteiger partial charge in [-0.05, 0) is 31.6 Å². The van der Waals surface area contributed by atoms with Crippen LogP contribution in [0.2, 0.25) is 0 Å². The third-order valence-electron chi connectivity index (χ3n) is 7.84. The van der Waals surface area contributed by atoms with Crippen LogP contribution in [0.25, 0.3) is 0 Å². The molecular formula is C28H43BrN2O6. The van der Waals surface area contributed by atoms with Gasteiger partial charge < -0.3 is 24.4 Å². The highest BCUT2D eigenvalue weighted by Crippen LogP contribution is 2.60. The number of fused-ring (bicyclic) bond motifs is 1. The first-order valence-corrected chi connectivity index (χ1v) is 14.5. The number of unbranched alkanes of at least 4 members (excludes halogenated alkanes) is 2. The van der Waals surface area contributed by atoms with Crippen LogP contribution < -0.4 is 0 Å². The van der Waals surface area contributed by atoms with Crippen molar-refractivity contribution in [3.63, 3.8) is 0 Å². The predicted molar refractivity (Wildman–Crippen MR) is 145 cm³/mol. The van der Waals surface area contributed by atoms with Gasteiger partial charge in [-0.1, -0.05) is 61.7 Å². The van der Waals surface area contributed by atoms with Crippen LogP contribution in [0.4, 0.5) is 0 Å². The van der Waals surface area contributed by atoms with Crippen LogP contribution in [0.5, 0.6) is 0 Å². The summed E-state index contributed by atoms with van der Waals surface area (Å²) in [5.74, 6) is -2.47. The summed E-state index contributed by atoms with van der Waals surface area (Å²) < 4.78 is 12.1. The quantitative estimate of drug-likeness (QED) is 0.137. The third kappa shape index (κ3) is 5.69. The zero-order valence-electron chi connectivity index (χ0n) is 22.4. The van der Waals surface area contributed by atoms with E-state index in [2.05, 4.69) is 36.0 Å². The summed E-state index contributed by atoms with van der Waals surface area (Å²) in [6.45, 7) is 14.4. The van der Waals surface area contributed by atoms with Gasteiger partial charge in [0.15, 0.2) is 0 Å². The number of carbonyl (C=O) groups excluding carboxylic acids is 3. The number of amides is 2. The first-order valence-electron chi connectivity index (χ1n) is 13.6. The fraction of sp³-hybridized carbons (Fsp3) is 0.750. The number of nitrogens with zero attached hydrogens (tertiary/aromatic N) is 2. The van der Waals surface area contributed by atoms with Gasteiger partial charge in [-0.3, -0.25) is 14.4 Å². The number of ether oxygens (including phenoxy) is 2. The lowest BCUT2D eigenvalue weighted by Crippen LogP contribution is -2.59. The minimum absolute atomic E-state index is 0.176. The number of esters is 1. The van der Waals surface area contributed by atoms with Gasteiger partial charge in [-0.15, -0.1) is 13.2 Å². The highest BCUT2D eigenvalue weighted by atomic mass is 79.9. The first kappa shape index (κ1) is 29.8. The molecule has 3 aliphatic heterocycles. The number of alkyl halides is 1. The van der Waals surface area contributed by atoms with Gasteiger partial charge in [0.25, 0.3) is 0 Å². The Labute approximate surface area is 229 Å². The molecule has 2 bridgehead atoms. The van der Waals surface area contributed by atoms with Gasteiger partial charge in [-0.2, -0.15) is 0 Å². The number of hydrogen-bond donors (Lipinski definition) is 1. The van der Waals surface area contributed by atoms with Crippen molar-refractivity contribution in [1.29, 1.82) is 0 Å². The van der Waals surface area contributed by atoms with E-state index in [1.54, 1.807) is 22.0 Å². The molecule has 208 valence electrons. The van der Waals surface area contributed by atoms with Crippen LogP contribution in [0, 0.1) is 17.8 Å². The van der Waals surface area contributed by atoms with E-state index in [1.165, 1.54) is 0 Å². The van der Waals surface area contributed by atoms with Gasteiger partial charge in [0, 0.05) is 17.9 Å². The van der Waals surface area contributed by atoms with Gasteiger partial charge in [-0.25, -0.2) is 0 Å². The Morgan fingerprint density at radius 3 is 2.65 bits per heavy atom. The van der Waals surface area contributed by atoms with Crippen molar-refractivity contribution in [3.8, 4) is 0 Å². The van der Waals surface area contributed by atoms with Crippen LogP contribution in [0.3, 0.4) is 0 Å². The Morgan fingerprint density at radius 2 is 2.05 bits per heavy atom. The third-order valence-corrected chi connectivity index (χ3v) is 8.68. The van der Waals surface area contributed by atoms with E-state index < -0.39 is 41.6 Å². The lowest BCUT2D eigenvalue weighted by atomic mass is 9.70. The van der Waals surface area contributed by atoms with E-state index in [0.29, 0.717) is 32.4 Å². The zero-order valence-corrected chi connectivity index (χ0v) is 24.0. The lowest BCUT2D eigenvalue weighted by Gasteiger charge is -2.39. The predicted octanol–water partition coefficient (Wildman–Crippen LogP) is 3.47.